The minimum atomic E-state index is -0.118. The first-order chi connectivity index (χ1) is 13.2. The molecule has 0 unspecified atom stereocenters. The predicted molar refractivity (Wildman–Crippen MR) is 105 cm³/mol. The van der Waals surface area contributed by atoms with Gasteiger partial charge in [-0.05, 0) is 34.0 Å². The summed E-state index contributed by atoms with van der Waals surface area (Å²) in [4.78, 5) is 18.4. The average molecular weight is 354 g/mol. The van der Waals surface area contributed by atoms with E-state index in [0.29, 0.717) is 25.2 Å². The van der Waals surface area contributed by atoms with Gasteiger partial charge in [0.1, 0.15) is 6.07 Å². The van der Waals surface area contributed by atoms with Crippen LogP contribution in [0.15, 0.2) is 66.9 Å². The van der Waals surface area contributed by atoms with Gasteiger partial charge in [-0.25, -0.2) is 4.79 Å². The number of hydrogen-bond donors (Lipinski definition) is 1. The molecule has 1 aromatic heterocycles. The highest BCUT2D eigenvalue weighted by molar-refractivity contribution is 5.95. The second kappa shape index (κ2) is 7.30. The number of pyridine rings is 1. The van der Waals surface area contributed by atoms with Crippen molar-refractivity contribution in [3.63, 3.8) is 0 Å². The second-order valence-electron chi connectivity index (χ2n) is 6.45. The van der Waals surface area contributed by atoms with Crippen molar-refractivity contribution in [1.82, 2.24) is 15.2 Å². The molecule has 2 amide bonds. The molecule has 1 aliphatic rings. The molecule has 5 heteroatoms. The van der Waals surface area contributed by atoms with E-state index in [2.05, 4.69) is 46.7 Å². The summed E-state index contributed by atoms with van der Waals surface area (Å²) in [5.74, 6) is 0. The molecule has 0 radical (unpaired) electrons. The lowest BCUT2D eigenvalue weighted by Gasteiger charge is -2.17. The van der Waals surface area contributed by atoms with E-state index in [1.54, 1.807) is 17.0 Å². The van der Waals surface area contributed by atoms with Gasteiger partial charge in [-0.2, -0.15) is 5.26 Å². The highest BCUT2D eigenvalue weighted by atomic mass is 16.2. The van der Waals surface area contributed by atoms with E-state index in [4.69, 9.17) is 5.26 Å². The van der Waals surface area contributed by atoms with Crippen LogP contribution in [0.3, 0.4) is 0 Å². The van der Waals surface area contributed by atoms with Crippen LogP contribution in [0.4, 0.5) is 4.79 Å². The minimum absolute atomic E-state index is 0.118. The molecular weight excluding hydrogens is 336 g/mol. The highest BCUT2D eigenvalue weighted by Crippen LogP contribution is 2.28. The van der Waals surface area contributed by atoms with E-state index in [9.17, 15) is 4.79 Å². The molecule has 0 aliphatic carbocycles. The van der Waals surface area contributed by atoms with Gasteiger partial charge in [0.25, 0.3) is 0 Å². The number of fused-ring (bicyclic) bond motifs is 1. The van der Waals surface area contributed by atoms with Crippen LogP contribution in [0.5, 0.6) is 0 Å². The van der Waals surface area contributed by atoms with Gasteiger partial charge in [0.2, 0.25) is 0 Å². The van der Waals surface area contributed by atoms with E-state index in [1.807, 2.05) is 18.2 Å². The third-order valence-corrected chi connectivity index (χ3v) is 4.72. The number of nitrogens with one attached hydrogen (secondary N) is 1. The molecule has 0 bridgehead atoms. The summed E-state index contributed by atoms with van der Waals surface area (Å²) in [7, 11) is 0. The van der Waals surface area contributed by atoms with Crippen molar-refractivity contribution in [3.8, 4) is 6.07 Å². The van der Waals surface area contributed by atoms with Crippen LogP contribution in [0, 0.1) is 11.3 Å². The molecule has 2 aromatic carbocycles. The van der Waals surface area contributed by atoms with Crippen molar-refractivity contribution in [2.75, 3.05) is 13.1 Å². The molecular formula is C22H18N4O. The predicted octanol–water partition coefficient (Wildman–Crippen LogP) is 3.72. The number of aromatic nitrogens is 1. The van der Waals surface area contributed by atoms with Gasteiger partial charge in [-0.15, -0.1) is 0 Å². The Kier molecular flexibility index (Phi) is 4.54. The number of hydrogen-bond acceptors (Lipinski definition) is 3. The van der Waals surface area contributed by atoms with Crippen molar-refractivity contribution in [3.05, 3.63) is 83.7 Å². The topological polar surface area (TPSA) is 69.0 Å². The van der Waals surface area contributed by atoms with Crippen molar-refractivity contribution in [2.24, 2.45) is 0 Å². The number of nitrogens with zero attached hydrogens (tertiary/aromatic N) is 3. The summed E-state index contributed by atoms with van der Waals surface area (Å²) in [5.41, 5.74) is 3.58. The van der Waals surface area contributed by atoms with E-state index in [0.717, 1.165) is 5.69 Å². The summed E-state index contributed by atoms with van der Waals surface area (Å²) in [6.45, 7) is 1.51. The number of carbonyl (C=O) groups excluding carboxylic acids is 1. The second-order valence-corrected chi connectivity index (χ2v) is 6.45. The maximum atomic E-state index is 12.5. The SMILES string of the molecule is N#Cc1ccc(CNC(=O)N2CC=C(c3cccc4ccccc34)C2)nc1. The van der Waals surface area contributed by atoms with Crippen LogP contribution in [0.2, 0.25) is 0 Å². The number of amides is 2. The molecule has 132 valence electrons. The minimum Gasteiger partial charge on any atom is -0.332 e. The van der Waals surface area contributed by atoms with Gasteiger partial charge in [0.05, 0.1) is 17.8 Å². The van der Waals surface area contributed by atoms with Crippen molar-refractivity contribution in [1.29, 1.82) is 5.26 Å². The summed E-state index contributed by atoms with van der Waals surface area (Å²) in [6.07, 6.45) is 3.62. The van der Waals surface area contributed by atoms with Crippen molar-refractivity contribution < 1.29 is 4.79 Å². The Bertz CT molecular complexity index is 1060. The van der Waals surface area contributed by atoms with E-state index in [-0.39, 0.29) is 6.03 Å². The van der Waals surface area contributed by atoms with E-state index >= 15 is 0 Å². The molecule has 3 aromatic rings. The fourth-order valence-electron chi connectivity index (χ4n) is 3.28. The zero-order valence-electron chi connectivity index (χ0n) is 14.7. The van der Waals surface area contributed by atoms with Crippen LogP contribution in [0.1, 0.15) is 16.8 Å². The zero-order chi connectivity index (χ0) is 18.6. The quantitative estimate of drug-likeness (QED) is 0.779. The molecule has 27 heavy (non-hydrogen) atoms. The Morgan fingerprint density at radius 2 is 2.00 bits per heavy atom. The lowest BCUT2D eigenvalue weighted by molar-refractivity contribution is 0.210. The van der Waals surface area contributed by atoms with Crippen LogP contribution < -0.4 is 5.32 Å². The standard InChI is InChI=1S/C22H18N4O/c23-12-16-8-9-19(24-13-16)14-25-22(27)26-11-10-18(15-26)21-7-3-5-17-4-1-2-6-20(17)21/h1-10,13H,11,14-15H2,(H,25,27). The third kappa shape index (κ3) is 3.51. The molecule has 5 nitrogen and oxygen atoms in total. The van der Waals surface area contributed by atoms with Crippen LogP contribution in [-0.4, -0.2) is 29.0 Å². The average Bonchev–Trinajstić information content (AvgIpc) is 3.22. The van der Waals surface area contributed by atoms with Gasteiger partial charge in [-0.3, -0.25) is 4.98 Å². The molecule has 2 heterocycles. The Morgan fingerprint density at radius 3 is 2.81 bits per heavy atom. The maximum absolute atomic E-state index is 12.5. The molecule has 0 atom stereocenters. The lowest BCUT2D eigenvalue weighted by Crippen LogP contribution is -2.38. The van der Waals surface area contributed by atoms with Crippen LogP contribution in [0.25, 0.3) is 16.3 Å². The Morgan fingerprint density at radius 1 is 1.15 bits per heavy atom. The monoisotopic (exact) mass is 354 g/mol. The van der Waals surface area contributed by atoms with Crippen molar-refractivity contribution in [2.45, 2.75) is 6.54 Å². The fraction of sp³-hybridized carbons (Fsp3) is 0.136. The zero-order valence-corrected chi connectivity index (χ0v) is 14.7. The Hall–Kier alpha value is -3.65. The van der Waals surface area contributed by atoms with E-state index < -0.39 is 0 Å². The number of carbonyl (C=O) groups is 1. The number of urea groups is 1. The molecule has 1 aliphatic heterocycles. The Labute approximate surface area is 157 Å². The number of nitriles is 1. The molecule has 0 fully saturated rings. The molecule has 0 saturated heterocycles. The fourth-order valence-corrected chi connectivity index (χ4v) is 3.28. The largest absolute Gasteiger partial charge is 0.332 e. The van der Waals surface area contributed by atoms with Gasteiger partial charge in [0.15, 0.2) is 0 Å². The smallest absolute Gasteiger partial charge is 0.318 e. The van der Waals surface area contributed by atoms with Crippen molar-refractivity contribution >= 4 is 22.4 Å². The van der Waals surface area contributed by atoms with Crippen LogP contribution >= 0.6 is 0 Å². The molecule has 0 saturated carbocycles. The van der Waals surface area contributed by atoms with Gasteiger partial charge >= 0.3 is 6.03 Å². The first-order valence-electron chi connectivity index (χ1n) is 8.79. The van der Waals surface area contributed by atoms with Gasteiger partial charge < -0.3 is 10.2 Å². The normalized spacial score (nSPS) is 13.3. The summed E-state index contributed by atoms with van der Waals surface area (Å²) in [6, 6.07) is 19.9. The van der Waals surface area contributed by atoms with Crippen LogP contribution in [-0.2, 0) is 6.54 Å². The third-order valence-electron chi connectivity index (χ3n) is 4.72. The number of rotatable bonds is 3. The molecule has 4 rings (SSSR count). The lowest BCUT2D eigenvalue weighted by atomic mass is 9.99. The summed E-state index contributed by atoms with van der Waals surface area (Å²) >= 11 is 0. The number of benzene rings is 2. The van der Waals surface area contributed by atoms with Gasteiger partial charge in [0, 0.05) is 19.3 Å². The highest BCUT2D eigenvalue weighted by Gasteiger charge is 2.21. The Balaban J connectivity index is 1.41. The van der Waals surface area contributed by atoms with Gasteiger partial charge in [-0.1, -0.05) is 48.5 Å². The summed E-state index contributed by atoms with van der Waals surface area (Å²) in [5, 5.41) is 14.1. The molecule has 0 spiro atoms. The van der Waals surface area contributed by atoms with E-state index in [1.165, 1.54) is 28.1 Å². The first kappa shape index (κ1) is 16.8. The summed E-state index contributed by atoms with van der Waals surface area (Å²) < 4.78 is 0. The molecule has 1 N–H and O–H groups in total. The maximum Gasteiger partial charge on any atom is 0.318 e. The first-order valence-corrected chi connectivity index (χ1v) is 8.79.